The lowest BCUT2D eigenvalue weighted by atomic mass is 9.95. The highest BCUT2D eigenvalue weighted by molar-refractivity contribution is 5.84. The van der Waals surface area contributed by atoms with E-state index in [-0.39, 0.29) is 11.8 Å². The molecule has 110 valence electrons. The van der Waals surface area contributed by atoms with Gasteiger partial charge in [-0.2, -0.15) is 0 Å². The van der Waals surface area contributed by atoms with Gasteiger partial charge >= 0.3 is 0 Å². The molecule has 0 spiro atoms. The van der Waals surface area contributed by atoms with E-state index >= 15 is 0 Å². The summed E-state index contributed by atoms with van der Waals surface area (Å²) >= 11 is 0. The Labute approximate surface area is 122 Å². The van der Waals surface area contributed by atoms with Gasteiger partial charge in [0.15, 0.2) is 0 Å². The molecular formula is C16H26N4. The van der Waals surface area contributed by atoms with Crippen molar-refractivity contribution in [2.24, 2.45) is 5.73 Å². The number of nitrogens with one attached hydrogen (secondary N) is 1. The van der Waals surface area contributed by atoms with Crippen LogP contribution < -0.4 is 5.73 Å². The number of benzene rings is 1. The van der Waals surface area contributed by atoms with E-state index < -0.39 is 0 Å². The highest BCUT2D eigenvalue weighted by atomic mass is 15.2. The molecule has 2 rings (SSSR count). The number of piperidine rings is 1. The second-order valence-electron chi connectivity index (χ2n) is 5.89. The number of rotatable bonds is 5. The van der Waals surface area contributed by atoms with Gasteiger partial charge in [-0.05, 0) is 45.6 Å². The number of likely N-dealkylation sites (tertiary alicyclic amines) is 1. The second kappa shape index (κ2) is 6.86. The van der Waals surface area contributed by atoms with E-state index in [4.69, 9.17) is 11.1 Å². The Balaban J connectivity index is 2.00. The quantitative estimate of drug-likeness (QED) is 0.635. The normalized spacial score (nSPS) is 19.1. The fourth-order valence-corrected chi connectivity index (χ4v) is 2.94. The fourth-order valence-electron chi connectivity index (χ4n) is 2.94. The summed E-state index contributed by atoms with van der Waals surface area (Å²) in [6.07, 6.45) is 2.40. The minimum Gasteiger partial charge on any atom is -0.387 e. The van der Waals surface area contributed by atoms with E-state index in [0.717, 1.165) is 25.2 Å². The van der Waals surface area contributed by atoms with E-state index in [1.807, 2.05) is 18.2 Å². The average Bonchev–Trinajstić information content (AvgIpc) is 2.46. The van der Waals surface area contributed by atoms with Gasteiger partial charge in [0.25, 0.3) is 0 Å². The predicted octanol–water partition coefficient (Wildman–Crippen LogP) is 1.73. The lowest BCUT2D eigenvalue weighted by molar-refractivity contribution is 0.143. The first-order valence-corrected chi connectivity index (χ1v) is 7.35. The van der Waals surface area contributed by atoms with Crippen LogP contribution in [-0.2, 0) is 0 Å². The van der Waals surface area contributed by atoms with Gasteiger partial charge in [-0.1, -0.05) is 30.3 Å². The third kappa shape index (κ3) is 3.81. The summed E-state index contributed by atoms with van der Waals surface area (Å²) in [6.45, 7) is 3.14. The van der Waals surface area contributed by atoms with Crippen LogP contribution in [0.15, 0.2) is 30.3 Å². The molecule has 20 heavy (non-hydrogen) atoms. The lowest BCUT2D eigenvalue weighted by Crippen LogP contribution is -2.44. The Morgan fingerprint density at radius 1 is 1.35 bits per heavy atom. The zero-order valence-electron chi connectivity index (χ0n) is 12.5. The van der Waals surface area contributed by atoms with Crippen LogP contribution in [0.1, 0.15) is 24.3 Å². The van der Waals surface area contributed by atoms with E-state index in [1.54, 1.807) is 0 Å². The van der Waals surface area contributed by atoms with Gasteiger partial charge in [-0.25, -0.2) is 0 Å². The Hall–Kier alpha value is -1.39. The summed E-state index contributed by atoms with van der Waals surface area (Å²) in [4.78, 5) is 4.76. The van der Waals surface area contributed by atoms with Crippen LogP contribution in [0.2, 0.25) is 0 Å². The van der Waals surface area contributed by atoms with Crippen LogP contribution in [0.25, 0.3) is 0 Å². The molecule has 1 atom stereocenters. The molecule has 1 aliphatic heterocycles. The van der Waals surface area contributed by atoms with Crippen LogP contribution in [-0.4, -0.2) is 55.4 Å². The van der Waals surface area contributed by atoms with Crippen molar-refractivity contribution in [2.75, 3.05) is 33.7 Å². The van der Waals surface area contributed by atoms with Gasteiger partial charge in [0.05, 0.1) is 11.8 Å². The number of amidine groups is 1. The number of hydrogen-bond acceptors (Lipinski definition) is 3. The van der Waals surface area contributed by atoms with Crippen molar-refractivity contribution in [3.8, 4) is 0 Å². The van der Waals surface area contributed by atoms with E-state index in [1.165, 1.54) is 12.8 Å². The van der Waals surface area contributed by atoms with Crippen LogP contribution in [0, 0.1) is 5.41 Å². The van der Waals surface area contributed by atoms with Crippen molar-refractivity contribution < 1.29 is 0 Å². The maximum atomic E-state index is 7.87. The maximum absolute atomic E-state index is 7.87. The molecule has 1 unspecified atom stereocenters. The Morgan fingerprint density at radius 2 is 1.95 bits per heavy atom. The molecule has 1 fully saturated rings. The molecule has 0 amide bonds. The molecule has 0 radical (unpaired) electrons. The molecule has 1 saturated heterocycles. The standard InChI is InChI=1S/C16H26N4/c1-19-10-8-14(9-11-19)20(2)12-15(16(17)18)13-6-4-3-5-7-13/h3-7,14-15H,8-12H2,1-2H3,(H3,17,18). The fraction of sp³-hybridized carbons (Fsp3) is 0.562. The van der Waals surface area contributed by atoms with Crippen molar-refractivity contribution in [1.82, 2.24) is 9.80 Å². The predicted molar refractivity (Wildman–Crippen MR) is 84.2 cm³/mol. The van der Waals surface area contributed by atoms with Gasteiger partial charge < -0.3 is 15.5 Å². The third-order valence-corrected chi connectivity index (χ3v) is 4.36. The summed E-state index contributed by atoms with van der Waals surface area (Å²) in [6, 6.07) is 10.8. The van der Waals surface area contributed by atoms with Crippen LogP contribution in [0.3, 0.4) is 0 Å². The van der Waals surface area contributed by atoms with Crippen molar-refractivity contribution in [1.29, 1.82) is 5.41 Å². The molecule has 1 aliphatic rings. The van der Waals surface area contributed by atoms with Gasteiger partial charge in [0.2, 0.25) is 0 Å². The maximum Gasteiger partial charge on any atom is 0.0995 e. The van der Waals surface area contributed by atoms with E-state index in [9.17, 15) is 0 Å². The van der Waals surface area contributed by atoms with Gasteiger partial charge in [0, 0.05) is 12.6 Å². The molecule has 0 saturated carbocycles. The molecule has 4 heteroatoms. The molecule has 4 nitrogen and oxygen atoms in total. The van der Waals surface area contributed by atoms with Crippen molar-refractivity contribution >= 4 is 5.84 Å². The lowest BCUT2D eigenvalue weighted by Gasteiger charge is -2.36. The molecule has 1 aromatic carbocycles. The molecular weight excluding hydrogens is 248 g/mol. The molecule has 0 aromatic heterocycles. The first-order chi connectivity index (χ1) is 9.58. The summed E-state index contributed by atoms with van der Waals surface area (Å²) in [7, 11) is 4.34. The number of nitrogens with two attached hydrogens (primary N) is 1. The summed E-state index contributed by atoms with van der Waals surface area (Å²) in [5.41, 5.74) is 6.96. The minimum absolute atomic E-state index is 0.000793. The number of likely N-dealkylation sites (N-methyl/N-ethyl adjacent to an activating group) is 1. The topological polar surface area (TPSA) is 56.4 Å². The molecule has 0 bridgehead atoms. The molecule has 1 heterocycles. The van der Waals surface area contributed by atoms with Gasteiger partial charge in [-0.15, -0.1) is 0 Å². The van der Waals surface area contributed by atoms with E-state index in [2.05, 4.69) is 36.0 Å². The Morgan fingerprint density at radius 3 is 2.50 bits per heavy atom. The first-order valence-electron chi connectivity index (χ1n) is 7.35. The monoisotopic (exact) mass is 274 g/mol. The zero-order chi connectivity index (χ0) is 14.5. The van der Waals surface area contributed by atoms with Crippen LogP contribution in [0.4, 0.5) is 0 Å². The molecule has 1 aromatic rings. The SMILES string of the molecule is CN1CCC(N(C)CC(C(=N)N)c2ccccc2)CC1. The minimum atomic E-state index is 0.000793. The summed E-state index contributed by atoms with van der Waals surface area (Å²) in [5.74, 6) is 0.261. The highest BCUT2D eigenvalue weighted by Crippen LogP contribution is 2.20. The highest BCUT2D eigenvalue weighted by Gasteiger charge is 2.24. The smallest absolute Gasteiger partial charge is 0.0995 e. The second-order valence-corrected chi connectivity index (χ2v) is 5.89. The Kier molecular flexibility index (Phi) is 5.15. The van der Waals surface area contributed by atoms with Gasteiger partial charge in [-0.3, -0.25) is 5.41 Å². The third-order valence-electron chi connectivity index (χ3n) is 4.36. The number of nitrogens with zero attached hydrogens (tertiary/aromatic N) is 2. The zero-order valence-corrected chi connectivity index (χ0v) is 12.5. The van der Waals surface area contributed by atoms with Crippen LogP contribution in [0.5, 0.6) is 0 Å². The van der Waals surface area contributed by atoms with Crippen molar-refractivity contribution in [3.05, 3.63) is 35.9 Å². The van der Waals surface area contributed by atoms with E-state index in [0.29, 0.717) is 6.04 Å². The largest absolute Gasteiger partial charge is 0.387 e. The number of hydrogen-bond donors (Lipinski definition) is 2. The van der Waals surface area contributed by atoms with Crippen molar-refractivity contribution in [3.63, 3.8) is 0 Å². The average molecular weight is 274 g/mol. The van der Waals surface area contributed by atoms with Crippen LogP contribution >= 0.6 is 0 Å². The first kappa shape index (κ1) is 15.0. The summed E-state index contributed by atoms with van der Waals surface area (Å²) < 4.78 is 0. The van der Waals surface area contributed by atoms with Gasteiger partial charge in [0.1, 0.15) is 0 Å². The molecule has 0 aliphatic carbocycles. The van der Waals surface area contributed by atoms with Crippen molar-refractivity contribution in [2.45, 2.75) is 24.8 Å². The Bertz CT molecular complexity index is 423. The summed E-state index contributed by atoms with van der Waals surface area (Å²) in [5, 5.41) is 7.87. The molecule has 3 N–H and O–H groups in total.